The van der Waals surface area contributed by atoms with Crippen molar-refractivity contribution in [1.82, 2.24) is 10.2 Å². The lowest BCUT2D eigenvalue weighted by Crippen LogP contribution is -2.33. The smallest absolute Gasteiger partial charge is 0.234 e. The highest BCUT2D eigenvalue weighted by Gasteiger charge is 2.25. The van der Waals surface area contributed by atoms with Crippen molar-refractivity contribution in [3.8, 4) is 6.07 Å². The number of hydrogen-bond donors (Lipinski definition) is 1. The number of nitriles is 1. The fraction of sp³-hybridized carbons (Fsp3) is 0.778. The zero-order valence-corrected chi connectivity index (χ0v) is 7.92. The van der Waals surface area contributed by atoms with E-state index >= 15 is 0 Å². The van der Waals surface area contributed by atoms with Crippen molar-refractivity contribution in [3.05, 3.63) is 0 Å². The lowest BCUT2D eigenvalue weighted by Gasteiger charge is -2.15. The first-order valence-corrected chi connectivity index (χ1v) is 4.58. The molecule has 4 heteroatoms. The molecular formula is C9H15N3O. The monoisotopic (exact) mass is 181 g/mol. The van der Waals surface area contributed by atoms with E-state index in [2.05, 4.69) is 17.3 Å². The average Bonchev–Trinajstić information content (AvgIpc) is 2.86. The summed E-state index contributed by atoms with van der Waals surface area (Å²) in [6, 6.07) is 2.54. The Morgan fingerprint density at radius 2 is 2.38 bits per heavy atom. The second kappa shape index (κ2) is 4.83. The summed E-state index contributed by atoms with van der Waals surface area (Å²) in [5, 5.41) is 10.9. The first kappa shape index (κ1) is 10.0. The first-order valence-electron chi connectivity index (χ1n) is 4.58. The van der Waals surface area contributed by atoms with Gasteiger partial charge < -0.3 is 10.2 Å². The van der Waals surface area contributed by atoms with Crippen LogP contribution in [-0.4, -0.2) is 37.0 Å². The summed E-state index contributed by atoms with van der Waals surface area (Å²) in [6.45, 7) is 1.52. The number of carbonyl (C=O) groups is 1. The predicted octanol–water partition coefficient (Wildman–Crippen LogP) is 0.110. The number of nitrogens with zero attached hydrogens (tertiary/aromatic N) is 2. The van der Waals surface area contributed by atoms with E-state index in [0.717, 1.165) is 12.6 Å². The van der Waals surface area contributed by atoms with Crippen molar-refractivity contribution in [1.29, 1.82) is 5.26 Å². The van der Waals surface area contributed by atoms with Crippen LogP contribution in [0, 0.1) is 11.3 Å². The molecule has 0 aliphatic heterocycles. The third-order valence-electron chi connectivity index (χ3n) is 2.20. The second-order valence-corrected chi connectivity index (χ2v) is 3.40. The van der Waals surface area contributed by atoms with Crippen LogP contribution in [0.1, 0.15) is 19.3 Å². The molecular weight excluding hydrogens is 166 g/mol. The van der Waals surface area contributed by atoms with Crippen LogP contribution in [0.15, 0.2) is 0 Å². The first-order chi connectivity index (χ1) is 6.24. The molecule has 0 spiro atoms. The minimum atomic E-state index is -0.174. The van der Waals surface area contributed by atoms with Gasteiger partial charge in [-0.15, -0.1) is 0 Å². The Balaban J connectivity index is 1.99. The molecule has 1 amide bonds. The van der Waals surface area contributed by atoms with Gasteiger partial charge in [-0.3, -0.25) is 4.79 Å². The van der Waals surface area contributed by atoms with Crippen LogP contribution in [0.25, 0.3) is 0 Å². The van der Waals surface area contributed by atoms with Crippen molar-refractivity contribution in [2.75, 3.05) is 20.1 Å². The van der Waals surface area contributed by atoms with E-state index < -0.39 is 0 Å². The van der Waals surface area contributed by atoms with Crippen LogP contribution in [0.2, 0.25) is 0 Å². The lowest BCUT2D eigenvalue weighted by molar-refractivity contribution is -0.120. The minimum absolute atomic E-state index is 0.0346. The van der Waals surface area contributed by atoms with Gasteiger partial charge >= 0.3 is 0 Å². The molecule has 4 nitrogen and oxygen atoms in total. The minimum Gasteiger partial charge on any atom is -0.354 e. The molecule has 1 aliphatic rings. The zero-order chi connectivity index (χ0) is 9.68. The highest BCUT2D eigenvalue weighted by Crippen LogP contribution is 2.24. The van der Waals surface area contributed by atoms with Crippen LogP contribution in [0.4, 0.5) is 0 Å². The van der Waals surface area contributed by atoms with Crippen molar-refractivity contribution >= 4 is 5.91 Å². The molecule has 72 valence electrons. The third-order valence-corrected chi connectivity index (χ3v) is 2.20. The molecule has 1 saturated carbocycles. The van der Waals surface area contributed by atoms with Crippen molar-refractivity contribution < 1.29 is 4.79 Å². The largest absolute Gasteiger partial charge is 0.354 e. The molecule has 0 aromatic rings. The number of nitrogens with one attached hydrogen (secondary N) is 1. The maximum absolute atomic E-state index is 10.9. The molecule has 1 N–H and O–H groups in total. The molecule has 0 bridgehead atoms. The molecule has 13 heavy (non-hydrogen) atoms. The van der Waals surface area contributed by atoms with E-state index in [1.165, 1.54) is 12.8 Å². The van der Waals surface area contributed by atoms with Gasteiger partial charge in [0.15, 0.2) is 0 Å². The van der Waals surface area contributed by atoms with Crippen LogP contribution in [0.3, 0.4) is 0 Å². The number of carbonyl (C=O) groups excluding carboxylic acids is 1. The van der Waals surface area contributed by atoms with Gasteiger partial charge in [-0.25, -0.2) is 0 Å². The van der Waals surface area contributed by atoms with E-state index in [1.54, 1.807) is 0 Å². The van der Waals surface area contributed by atoms with E-state index in [4.69, 9.17) is 5.26 Å². The molecule has 0 saturated heterocycles. The molecule has 0 unspecified atom stereocenters. The van der Waals surface area contributed by atoms with Gasteiger partial charge in [-0.2, -0.15) is 5.26 Å². The van der Waals surface area contributed by atoms with Crippen molar-refractivity contribution in [3.63, 3.8) is 0 Å². The van der Waals surface area contributed by atoms with Gasteiger partial charge in [0.1, 0.15) is 6.42 Å². The van der Waals surface area contributed by atoms with E-state index in [-0.39, 0.29) is 12.3 Å². The van der Waals surface area contributed by atoms with Gasteiger partial charge in [0.2, 0.25) is 5.91 Å². The molecule has 0 aromatic carbocycles. The standard InChI is InChI=1S/C9H15N3O/c1-12(8-2-3-8)7-6-11-9(13)4-5-10/h8H,2-4,6-7H2,1H3,(H,11,13). The Morgan fingerprint density at radius 1 is 1.69 bits per heavy atom. The molecule has 1 aliphatic carbocycles. The van der Waals surface area contributed by atoms with Gasteiger partial charge in [-0.05, 0) is 19.9 Å². The van der Waals surface area contributed by atoms with Gasteiger partial charge in [0.05, 0.1) is 6.07 Å². The Labute approximate surface area is 78.5 Å². The number of rotatable bonds is 5. The predicted molar refractivity (Wildman–Crippen MR) is 48.9 cm³/mol. The van der Waals surface area contributed by atoms with Crippen molar-refractivity contribution in [2.24, 2.45) is 0 Å². The van der Waals surface area contributed by atoms with Crippen LogP contribution in [-0.2, 0) is 4.79 Å². The summed E-state index contributed by atoms with van der Waals surface area (Å²) < 4.78 is 0. The molecule has 0 atom stereocenters. The van der Waals surface area contributed by atoms with Gasteiger partial charge in [0.25, 0.3) is 0 Å². The third kappa shape index (κ3) is 3.90. The molecule has 0 heterocycles. The summed E-state index contributed by atoms with van der Waals surface area (Å²) in [7, 11) is 2.06. The Hall–Kier alpha value is -1.08. The maximum atomic E-state index is 10.9. The zero-order valence-electron chi connectivity index (χ0n) is 7.92. The number of likely N-dealkylation sites (N-methyl/N-ethyl adjacent to an activating group) is 1. The molecule has 0 radical (unpaired) electrons. The van der Waals surface area contributed by atoms with Crippen LogP contribution < -0.4 is 5.32 Å². The van der Waals surface area contributed by atoms with Crippen molar-refractivity contribution in [2.45, 2.75) is 25.3 Å². The highest BCUT2D eigenvalue weighted by molar-refractivity contribution is 5.77. The number of amides is 1. The summed E-state index contributed by atoms with van der Waals surface area (Å²) in [4.78, 5) is 13.1. The summed E-state index contributed by atoms with van der Waals surface area (Å²) in [5.74, 6) is -0.174. The highest BCUT2D eigenvalue weighted by atomic mass is 16.1. The fourth-order valence-electron chi connectivity index (χ4n) is 1.20. The molecule has 1 fully saturated rings. The molecule has 1 rings (SSSR count). The second-order valence-electron chi connectivity index (χ2n) is 3.40. The fourth-order valence-corrected chi connectivity index (χ4v) is 1.20. The number of hydrogen-bond acceptors (Lipinski definition) is 3. The van der Waals surface area contributed by atoms with Gasteiger partial charge in [0, 0.05) is 19.1 Å². The summed E-state index contributed by atoms with van der Waals surface area (Å²) >= 11 is 0. The Kier molecular flexibility index (Phi) is 3.71. The topological polar surface area (TPSA) is 56.1 Å². The lowest BCUT2D eigenvalue weighted by atomic mass is 10.4. The Bertz CT molecular complexity index is 217. The summed E-state index contributed by atoms with van der Waals surface area (Å²) in [5.41, 5.74) is 0. The molecule has 0 aromatic heterocycles. The average molecular weight is 181 g/mol. The normalized spacial score (nSPS) is 15.5. The quantitative estimate of drug-likeness (QED) is 0.655. The summed E-state index contributed by atoms with van der Waals surface area (Å²) in [6.07, 6.45) is 2.53. The van der Waals surface area contributed by atoms with Gasteiger partial charge in [-0.1, -0.05) is 0 Å². The van der Waals surface area contributed by atoms with E-state index in [0.29, 0.717) is 6.54 Å². The van der Waals surface area contributed by atoms with Crippen LogP contribution in [0.5, 0.6) is 0 Å². The Morgan fingerprint density at radius 3 is 2.92 bits per heavy atom. The van der Waals surface area contributed by atoms with Crippen LogP contribution >= 0.6 is 0 Å². The maximum Gasteiger partial charge on any atom is 0.234 e. The van der Waals surface area contributed by atoms with E-state index in [9.17, 15) is 4.79 Å². The van der Waals surface area contributed by atoms with E-state index in [1.807, 2.05) is 6.07 Å². The SMILES string of the molecule is CN(CCNC(=O)CC#N)C1CC1.